The first kappa shape index (κ1) is 16.1. The van der Waals surface area contributed by atoms with Crippen LogP contribution in [-0.2, 0) is 16.0 Å². The predicted molar refractivity (Wildman–Crippen MR) is 96.7 cm³/mol. The smallest absolute Gasteiger partial charge is 0.228 e. The van der Waals surface area contributed by atoms with Gasteiger partial charge in [0.15, 0.2) is 0 Å². The molecule has 0 unspecified atom stereocenters. The average Bonchev–Trinajstić information content (AvgIpc) is 3.02. The van der Waals surface area contributed by atoms with E-state index >= 15 is 0 Å². The Bertz CT molecular complexity index is 899. The summed E-state index contributed by atoms with van der Waals surface area (Å²) >= 11 is 6.01. The van der Waals surface area contributed by atoms with Crippen molar-refractivity contribution in [3.63, 3.8) is 0 Å². The molecule has 1 aromatic carbocycles. The van der Waals surface area contributed by atoms with E-state index in [9.17, 15) is 4.79 Å². The van der Waals surface area contributed by atoms with Crippen molar-refractivity contribution in [3.8, 4) is 11.3 Å². The second-order valence-electron chi connectivity index (χ2n) is 6.01. The van der Waals surface area contributed by atoms with E-state index in [4.69, 9.17) is 21.3 Å². The van der Waals surface area contributed by atoms with Crippen molar-refractivity contribution in [2.24, 2.45) is 0 Å². The number of pyridine rings is 1. The fraction of sp³-hybridized carbons (Fsp3) is 0.263. The summed E-state index contributed by atoms with van der Waals surface area (Å²) in [6.07, 6.45) is 2.26. The van der Waals surface area contributed by atoms with E-state index in [-0.39, 0.29) is 5.91 Å². The first-order valence-corrected chi connectivity index (χ1v) is 8.67. The summed E-state index contributed by atoms with van der Waals surface area (Å²) in [5.41, 5.74) is 3.51. The van der Waals surface area contributed by atoms with Crippen LogP contribution in [0.25, 0.3) is 16.9 Å². The van der Waals surface area contributed by atoms with E-state index in [1.807, 2.05) is 58.0 Å². The van der Waals surface area contributed by atoms with Gasteiger partial charge in [-0.3, -0.25) is 4.79 Å². The Hall–Kier alpha value is -2.37. The summed E-state index contributed by atoms with van der Waals surface area (Å²) in [4.78, 5) is 19.3. The number of hydrogen-bond acceptors (Lipinski definition) is 3. The van der Waals surface area contributed by atoms with Gasteiger partial charge in [-0.25, -0.2) is 4.98 Å². The van der Waals surface area contributed by atoms with Crippen LogP contribution < -0.4 is 0 Å². The number of hydrogen-bond donors (Lipinski definition) is 0. The van der Waals surface area contributed by atoms with Gasteiger partial charge < -0.3 is 14.0 Å². The number of carbonyl (C=O) groups excluding carboxylic acids is 1. The maximum atomic E-state index is 12.8. The molecule has 25 heavy (non-hydrogen) atoms. The van der Waals surface area contributed by atoms with Gasteiger partial charge >= 0.3 is 0 Å². The number of amides is 1. The molecule has 2 aromatic heterocycles. The molecule has 0 bridgehead atoms. The highest BCUT2D eigenvalue weighted by atomic mass is 35.5. The molecule has 4 rings (SSSR count). The molecule has 1 aliphatic heterocycles. The SMILES string of the molecule is O=C(Cc1c(-c2ccc(Cl)cc2)nc2ccccn12)N1CCOCC1. The molecule has 0 N–H and O–H groups in total. The van der Waals surface area contributed by atoms with Gasteiger partial charge in [-0.2, -0.15) is 0 Å². The van der Waals surface area contributed by atoms with Gasteiger partial charge in [0.2, 0.25) is 5.91 Å². The molecule has 0 atom stereocenters. The van der Waals surface area contributed by atoms with E-state index in [0.29, 0.717) is 37.7 Å². The zero-order chi connectivity index (χ0) is 17.2. The summed E-state index contributed by atoms with van der Waals surface area (Å²) < 4.78 is 7.32. The van der Waals surface area contributed by atoms with Crippen LogP contribution in [0, 0.1) is 0 Å². The van der Waals surface area contributed by atoms with Crippen molar-refractivity contribution in [2.45, 2.75) is 6.42 Å². The summed E-state index contributed by atoms with van der Waals surface area (Å²) in [7, 11) is 0. The molecule has 3 aromatic rings. The normalized spacial score (nSPS) is 14.8. The zero-order valence-corrected chi connectivity index (χ0v) is 14.4. The third-order valence-corrected chi connectivity index (χ3v) is 4.68. The predicted octanol–water partition coefficient (Wildman–Crippen LogP) is 3.06. The van der Waals surface area contributed by atoms with E-state index < -0.39 is 0 Å². The largest absolute Gasteiger partial charge is 0.378 e. The van der Waals surface area contributed by atoms with E-state index in [0.717, 1.165) is 22.6 Å². The minimum atomic E-state index is 0.101. The van der Waals surface area contributed by atoms with Gasteiger partial charge in [-0.05, 0) is 24.3 Å². The Morgan fingerprint density at radius 2 is 1.88 bits per heavy atom. The molecule has 1 fully saturated rings. The fourth-order valence-electron chi connectivity index (χ4n) is 3.12. The maximum absolute atomic E-state index is 12.8. The molecule has 0 aliphatic carbocycles. The molecule has 0 radical (unpaired) electrons. The topological polar surface area (TPSA) is 46.8 Å². The Morgan fingerprint density at radius 1 is 1.12 bits per heavy atom. The van der Waals surface area contributed by atoms with Gasteiger partial charge in [0, 0.05) is 29.9 Å². The molecule has 0 spiro atoms. The number of carbonyl (C=O) groups is 1. The van der Waals surface area contributed by atoms with Gasteiger partial charge in [0.1, 0.15) is 5.65 Å². The van der Waals surface area contributed by atoms with Crippen molar-refractivity contribution in [2.75, 3.05) is 26.3 Å². The number of benzene rings is 1. The lowest BCUT2D eigenvalue weighted by atomic mass is 10.1. The minimum Gasteiger partial charge on any atom is -0.378 e. The zero-order valence-electron chi connectivity index (χ0n) is 13.7. The second-order valence-corrected chi connectivity index (χ2v) is 6.45. The molecule has 6 heteroatoms. The number of aromatic nitrogens is 2. The standard InChI is InChI=1S/C19H18ClN3O2/c20-15-6-4-14(5-7-15)19-16(23-8-2-1-3-17(23)21-19)13-18(24)22-9-11-25-12-10-22/h1-8H,9-13H2. The first-order chi connectivity index (χ1) is 12.2. The number of morpholine rings is 1. The highest BCUT2D eigenvalue weighted by molar-refractivity contribution is 6.30. The Balaban J connectivity index is 1.74. The van der Waals surface area contributed by atoms with Crippen molar-refractivity contribution in [1.29, 1.82) is 0 Å². The lowest BCUT2D eigenvalue weighted by molar-refractivity contribution is -0.134. The highest BCUT2D eigenvalue weighted by Gasteiger charge is 2.22. The Labute approximate surface area is 150 Å². The number of halogens is 1. The molecule has 128 valence electrons. The maximum Gasteiger partial charge on any atom is 0.228 e. The van der Waals surface area contributed by atoms with Crippen LogP contribution in [0.1, 0.15) is 5.69 Å². The summed E-state index contributed by atoms with van der Waals surface area (Å²) in [6.45, 7) is 2.49. The van der Waals surface area contributed by atoms with Gasteiger partial charge in [0.05, 0.1) is 31.0 Å². The van der Waals surface area contributed by atoms with E-state index in [1.165, 1.54) is 0 Å². The van der Waals surface area contributed by atoms with Crippen LogP contribution in [0.2, 0.25) is 5.02 Å². The molecular weight excluding hydrogens is 338 g/mol. The van der Waals surface area contributed by atoms with Crippen molar-refractivity contribution < 1.29 is 9.53 Å². The molecule has 1 saturated heterocycles. The third-order valence-electron chi connectivity index (χ3n) is 4.43. The first-order valence-electron chi connectivity index (χ1n) is 8.30. The van der Waals surface area contributed by atoms with Gasteiger partial charge in [-0.1, -0.05) is 29.8 Å². The minimum absolute atomic E-state index is 0.101. The van der Waals surface area contributed by atoms with Crippen LogP contribution in [-0.4, -0.2) is 46.5 Å². The highest BCUT2D eigenvalue weighted by Crippen LogP contribution is 2.26. The van der Waals surface area contributed by atoms with Crippen LogP contribution >= 0.6 is 11.6 Å². The molecule has 0 saturated carbocycles. The molecule has 3 heterocycles. The Morgan fingerprint density at radius 3 is 2.64 bits per heavy atom. The second kappa shape index (κ2) is 6.86. The number of fused-ring (bicyclic) bond motifs is 1. The molecule has 5 nitrogen and oxygen atoms in total. The number of ether oxygens (including phenoxy) is 1. The quantitative estimate of drug-likeness (QED) is 0.725. The van der Waals surface area contributed by atoms with Crippen molar-refractivity contribution >= 4 is 23.2 Å². The monoisotopic (exact) mass is 355 g/mol. The van der Waals surface area contributed by atoms with Crippen molar-refractivity contribution in [3.05, 3.63) is 59.4 Å². The average molecular weight is 356 g/mol. The molecule has 1 aliphatic rings. The van der Waals surface area contributed by atoms with Crippen LogP contribution in [0.5, 0.6) is 0 Å². The van der Waals surface area contributed by atoms with E-state index in [1.54, 1.807) is 0 Å². The lowest BCUT2D eigenvalue weighted by Crippen LogP contribution is -2.41. The number of nitrogens with zero attached hydrogens (tertiary/aromatic N) is 3. The Kier molecular flexibility index (Phi) is 4.42. The third kappa shape index (κ3) is 3.25. The lowest BCUT2D eigenvalue weighted by Gasteiger charge is -2.26. The summed E-state index contributed by atoms with van der Waals surface area (Å²) in [6, 6.07) is 13.4. The van der Waals surface area contributed by atoms with E-state index in [2.05, 4.69) is 0 Å². The van der Waals surface area contributed by atoms with Crippen LogP contribution in [0.4, 0.5) is 0 Å². The van der Waals surface area contributed by atoms with Crippen LogP contribution in [0.3, 0.4) is 0 Å². The number of imidazole rings is 1. The summed E-state index contributed by atoms with van der Waals surface area (Å²) in [5.74, 6) is 0.101. The van der Waals surface area contributed by atoms with Gasteiger partial charge in [-0.15, -0.1) is 0 Å². The number of rotatable bonds is 3. The molecular formula is C19H18ClN3O2. The fourth-order valence-corrected chi connectivity index (χ4v) is 3.25. The molecule has 1 amide bonds. The summed E-state index contributed by atoms with van der Waals surface area (Å²) in [5, 5.41) is 0.679. The van der Waals surface area contributed by atoms with Gasteiger partial charge in [0.25, 0.3) is 0 Å². The van der Waals surface area contributed by atoms with Crippen molar-refractivity contribution in [1.82, 2.24) is 14.3 Å². The van der Waals surface area contributed by atoms with Crippen LogP contribution in [0.15, 0.2) is 48.7 Å².